The van der Waals surface area contributed by atoms with E-state index >= 15 is 0 Å². The molecule has 1 aromatic rings. The lowest BCUT2D eigenvalue weighted by Gasteiger charge is -2.33. The second kappa shape index (κ2) is 8.14. The van der Waals surface area contributed by atoms with E-state index in [4.69, 9.17) is 9.84 Å². The molecule has 0 unspecified atom stereocenters. The molecule has 6 nitrogen and oxygen atoms in total. The summed E-state index contributed by atoms with van der Waals surface area (Å²) in [6.45, 7) is 7.45. The van der Waals surface area contributed by atoms with Crippen molar-refractivity contribution in [2.45, 2.75) is 39.2 Å². The highest BCUT2D eigenvalue weighted by Gasteiger charge is 2.22. The fourth-order valence-electron chi connectivity index (χ4n) is 2.53. The fraction of sp³-hybridized carbons (Fsp3) is 0.733. The van der Waals surface area contributed by atoms with Gasteiger partial charge < -0.3 is 20.1 Å². The van der Waals surface area contributed by atoms with E-state index in [1.54, 1.807) is 0 Å². The number of nitrogens with zero attached hydrogens (tertiary/aromatic N) is 3. The summed E-state index contributed by atoms with van der Waals surface area (Å²) < 4.78 is 5.60. The molecule has 0 atom stereocenters. The number of ether oxygens (including phenoxy) is 1. The highest BCUT2D eigenvalue weighted by atomic mass is 16.5. The topological polar surface area (TPSA) is 70.5 Å². The van der Waals surface area contributed by atoms with Crippen LogP contribution >= 0.6 is 0 Å². The van der Waals surface area contributed by atoms with Crippen molar-refractivity contribution in [2.75, 3.05) is 43.1 Å². The molecule has 2 N–H and O–H groups in total. The smallest absolute Gasteiger partial charge is 0.224 e. The van der Waals surface area contributed by atoms with Crippen LogP contribution in [0.5, 0.6) is 0 Å². The van der Waals surface area contributed by atoms with Crippen LogP contribution in [0.4, 0.5) is 11.8 Å². The van der Waals surface area contributed by atoms with Crippen molar-refractivity contribution in [3.05, 3.63) is 11.8 Å². The number of piperidine rings is 1. The van der Waals surface area contributed by atoms with Crippen LogP contribution in [-0.2, 0) is 4.74 Å². The van der Waals surface area contributed by atoms with Gasteiger partial charge in [0, 0.05) is 31.4 Å². The molecule has 1 aliphatic heterocycles. The van der Waals surface area contributed by atoms with Gasteiger partial charge in [0.1, 0.15) is 5.82 Å². The molecule has 0 saturated carbocycles. The maximum atomic E-state index is 8.81. The molecule has 6 heteroatoms. The Bertz CT molecular complexity index is 434. The first-order valence-electron chi connectivity index (χ1n) is 7.79. The molecule has 0 aromatic carbocycles. The zero-order valence-corrected chi connectivity index (χ0v) is 13.0. The summed E-state index contributed by atoms with van der Waals surface area (Å²) in [5, 5.41) is 12.0. The standard InChI is InChI=1S/C15H26N4O2/c1-3-6-16-15-17-11-12(2)14(18-15)19-7-4-13(5-8-19)21-10-9-20/h11,13,20H,3-10H2,1-2H3,(H,16,17,18). The summed E-state index contributed by atoms with van der Waals surface area (Å²) in [7, 11) is 0. The highest BCUT2D eigenvalue weighted by molar-refractivity contribution is 5.49. The average Bonchev–Trinajstić information content (AvgIpc) is 2.53. The van der Waals surface area contributed by atoms with Crippen molar-refractivity contribution in [3.63, 3.8) is 0 Å². The molecule has 1 aliphatic rings. The van der Waals surface area contributed by atoms with Crippen LogP contribution in [0.1, 0.15) is 31.7 Å². The summed E-state index contributed by atoms with van der Waals surface area (Å²) in [5.74, 6) is 1.72. The predicted molar refractivity (Wildman–Crippen MR) is 83.8 cm³/mol. The highest BCUT2D eigenvalue weighted by Crippen LogP contribution is 2.23. The van der Waals surface area contributed by atoms with E-state index in [0.717, 1.165) is 50.3 Å². The Labute approximate surface area is 126 Å². The van der Waals surface area contributed by atoms with Gasteiger partial charge in [-0.25, -0.2) is 4.98 Å². The number of aliphatic hydroxyl groups excluding tert-OH is 1. The molecule has 2 rings (SSSR count). The predicted octanol–water partition coefficient (Wildman–Crippen LogP) is 1.58. The van der Waals surface area contributed by atoms with Gasteiger partial charge in [-0.1, -0.05) is 6.92 Å². The Morgan fingerprint density at radius 2 is 2.19 bits per heavy atom. The molecule has 0 amide bonds. The van der Waals surface area contributed by atoms with Gasteiger partial charge in [-0.3, -0.25) is 0 Å². The van der Waals surface area contributed by atoms with Crippen LogP contribution in [0.15, 0.2) is 6.20 Å². The van der Waals surface area contributed by atoms with Crippen molar-refractivity contribution < 1.29 is 9.84 Å². The van der Waals surface area contributed by atoms with Crippen LogP contribution in [-0.4, -0.2) is 54.0 Å². The molecule has 21 heavy (non-hydrogen) atoms. The SMILES string of the molecule is CCCNc1ncc(C)c(N2CCC(OCCO)CC2)n1. The fourth-order valence-corrected chi connectivity index (χ4v) is 2.53. The van der Waals surface area contributed by atoms with E-state index in [1.807, 2.05) is 13.1 Å². The van der Waals surface area contributed by atoms with E-state index < -0.39 is 0 Å². The van der Waals surface area contributed by atoms with Gasteiger partial charge >= 0.3 is 0 Å². The Morgan fingerprint density at radius 3 is 2.86 bits per heavy atom. The summed E-state index contributed by atoms with van der Waals surface area (Å²) >= 11 is 0. The number of aromatic nitrogens is 2. The van der Waals surface area contributed by atoms with Crippen LogP contribution in [0.2, 0.25) is 0 Å². The molecular weight excluding hydrogens is 268 g/mol. The lowest BCUT2D eigenvalue weighted by molar-refractivity contribution is 0.0158. The number of nitrogens with one attached hydrogen (secondary N) is 1. The number of hydrogen-bond acceptors (Lipinski definition) is 6. The van der Waals surface area contributed by atoms with E-state index in [2.05, 4.69) is 27.1 Å². The molecule has 0 spiro atoms. The Kier molecular flexibility index (Phi) is 6.20. The van der Waals surface area contributed by atoms with E-state index in [9.17, 15) is 0 Å². The Hall–Kier alpha value is -1.40. The summed E-state index contributed by atoms with van der Waals surface area (Å²) in [4.78, 5) is 11.3. The van der Waals surface area contributed by atoms with Gasteiger partial charge in [0.2, 0.25) is 5.95 Å². The first-order chi connectivity index (χ1) is 10.2. The summed E-state index contributed by atoms with van der Waals surface area (Å²) in [5.41, 5.74) is 1.10. The van der Waals surface area contributed by atoms with Gasteiger partial charge in [-0.15, -0.1) is 0 Å². The maximum absolute atomic E-state index is 8.81. The lowest BCUT2D eigenvalue weighted by atomic mass is 10.1. The first-order valence-corrected chi connectivity index (χ1v) is 7.79. The lowest BCUT2D eigenvalue weighted by Crippen LogP contribution is -2.38. The number of aryl methyl sites for hydroxylation is 1. The molecule has 0 radical (unpaired) electrons. The number of hydrogen-bond donors (Lipinski definition) is 2. The summed E-state index contributed by atoms with van der Waals surface area (Å²) in [6.07, 6.45) is 5.14. The molecule has 1 aromatic heterocycles. The number of aliphatic hydroxyl groups is 1. The van der Waals surface area contributed by atoms with Crippen molar-refractivity contribution >= 4 is 11.8 Å². The quantitative estimate of drug-likeness (QED) is 0.796. The van der Waals surface area contributed by atoms with Crippen LogP contribution in [0, 0.1) is 6.92 Å². The minimum Gasteiger partial charge on any atom is -0.394 e. The first kappa shape index (κ1) is 16.0. The molecule has 2 heterocycles. The van der Waals surface area contributed by atoms with E-state index in [0.29, 0.717) is 12.6 Å². The molecular formula is C15H26N4O2. The van der Waals surface area contributed by atoms with Gasteiger partial charge in [0.05, 0.1) is 19.3 Å². The molecule has 118 valence electrons. The second-order valence-corrected chi connectivity index (χ2v) is 5.41. The molecule has 0 bridgehead atoms. The Morgan fingerprint density at radius 1 is 1.43 bits per heavy atom. The van der Waals surface area contributed by atoms with Crippen LogP contribution < -0.4 is 10.2 Å². The number of anilines is 2. The normalized spacial score (nSPS) is 16.2. The van der Waals surface area contributed by atoms with Crippen LogP contribution in [0.3, 0.4) is 0 Å². The molecule has 1 fully saturated rings. The number of rotatable bonds is 7. The van der Waals surface area contributed by atoms with E-state index in [-0.39, 0.29) is 12.7 Å². The summed E-state index contributed by atoms with van der Waals surface area (Å²) in [6, 6.07) is 0. The third-order valence-corrected chi connectivity index (χ3v) is 3.66. The zero-order chi connectivity index (χ0) is 15.1. The molecule has 1 saturated heterocycles. The minimum atomic E-state index is 0.0949. The monoisotopic (exact) mass is 294 g/mol. The van der Waals surface area contributed by atoms with Gasteiger partial charge in [0.25, 0.3) is 0 Å². The van der Waals surface area contributed by atoms with Crippen molar-refractivity contribution in [2.24, 2.45) is 0 Å². The maximum Gasteiger partial charge on any atom is 0.224 e. The third-order valence-electron chi connectivity index (χ3n) is 3.66. The zero-order valence-electron chi connectivity index (χ0n) is 13.0. The minimum absolute atomic E-state index is 0.0949. The second-order valence-electron chi connectivity index (χ2n) is 5.41. The van der Waals surface area contributed by atoms with Crippen molar-refractivity contribution in [1.29, 1.82) is 0 Å². The van der Waals surface area contributed by atoms with Crippen molar-refractivity contribution in [1.82, 2.24) is 9.97 Å². The van der Waals surface area contributed by atoms with Gasteiger partial charge in [-0.05, 0) is 26.2 Å². The average molecular weight is 294 g/mol. The largest absolute Gasteiger partial charge is 0.394 e. The van der Waals surface area contributed by atoms with Gasteiger partial charge in [-0.2, -0.15) is 4.98 Å². The van der Waals surface area contributed by atoms with E-state index in [1.165, 1.54) is 0 Å². The van der Waals surface area contributed by atoms with Gasteiger partial charge in [0.15, 0.2) is 0 Å². The Balaban J connectivity index is 1.95. The van der Waals surface area contributed by atoms with Crippen LogP contribution in [0.25, 0.3) is 0 Å². The van der Waals surface area contributed by atoms with Crippen molar-refractivity contribution in [3.8, 4) is 0 Å². The molecule has 0 aliphatic carbocycles. The third kappa shape index (κ3) is 4.54.